The highest BCUT2D eigenvalue weighted by Crippen LogP contribution is 2.34. The van der Waals surface area contributed by atoms with E-state index in [-0.39, 0.29) is 23.7 Å². The van der Waals surface area contributed by atoms with Crippen LogP contribution in [0.2, 0.25) is 0 Å². The monoisotopic (exact) mass is 296 g/mol. The van der Waals surface area contributed by atoms with Gasteiger partial charge in [-0.05, 0) is 36.8 Å². The highest BCUT2D eigenvalue weighted by molar-refractivity contribution is 5.92. The zero-order valence-corrected chi connectivity index (χ0v) is 12.5. The minimum absolute atomic E-state index is 0.0640. The van der Waals surface area contributed by atoms with Crippen molar-refractivity contribution >= 4 is 11.6 Å². The van der Waals surface area contributed by atoms with Gasteiger partial charge in [0, 0.05) is 6.04 Å². The van der Waals surface area contributed by atoms with Crippen molar-refractivity contribution in [2.45, 2.75) is 45.6 Å². The van der Waals surface area contributed by atoms with E-state index in [1.807, 2.05) is 0 Å². The molecular formula is C16H22F2N2O. The number of rotatable bonds is 4. The number of hydrogen-bond acceptors (Lipinski definition) is 2. The van der Waals surface area contributed by atoms with E-state index in [9.17, 15) is 13.6 Å². The number of halogens is 2. The second kappa shape index (κ2) is 6.52. The van der Waals surface area contributed by atoms with Gasteiger partial charge in [-0.3, -0.25) is 4.79 Å². The second-order valence-corrected chi connectivity index (χ2v) is 6.48. The third kappa shape index (κ3) is 4.49. The number of carbonyl (C=O) groups is 1. The SMILES string of the molecule is CC1(C)CCCC(NCC(=O)Nc2c(F)cccc2F)C1. The van der Waals surface area contributed by atoms with E-state index >= 15 is 0 Å². The number of amides is 1. The van der Waals surface area contributed by atoms with Crippen LogP contribution < -0.4 is 10.6 Å². The van der Waals surface area contributed by atoms with Crippen molar-refractivity contribution in [2.75, 3.05) is 11.9 Å². The Hall–Kier alpha value is -1.49. The highest BCUT2D eigenvalue weighted by Gasteiger charge is 2.27. The van der Waals surface area contributed by atoms with Gasteiger partial charge in [-0.2, -0.15) is 0 Å². The number of para-hydroxylation sites is 1. The molecule has 0 bridgehead atoms. The van der Waals surface area contributed by atoms with Crippen molar-refractivity contribution in [3.63, 3.8) is 0 Å². The molecular weight excluding hydrogens is 274 g/mol. The molecule has 116 valence electrons. The Morgan fingerprint density at radius 3 is 2.62 bits per heavy atom. The molecule has 1 fully saturated rings. The van der Waals surface area contributed by atoms with Gasteiger partial charge >= 0.3 is 0 Å². The lowest BCUT2D eigenvalue weighted by Gasteiger charge is -2.35. The predicted molar refractivity (Wildman–Crippen MR) is 79.0 cm³/mol. The third-order valence-corrected chi connectivity index (χ3v) is 3.98. The Balaban J connectivity index is 1.85. The van der Waals surface area contributed by atoms with Crippen LogP contribution in [0.1, 0.15) is 39.5 Å². The topological polar surface area (TPSA) is 41.1 Å². The first-order valence-corrected chi connectivity index (χ1v) is 7.35. The first kappa shape index (κ1) is 15.9. The zero-order valence-electron chi connectivity index (χ0n) is 12.5. The number of carbonyl (C=O) groups excluding carboxylic acids is 1. The first-order chi connectivity index (χ1) is 9.87. The fourth-order valence-electron chi connectivity index (χ4n) is 2.91. The molecule has 1 aliphatic carbocycles. The lowest BCUT2D eigenvalue weighted by atomic mass is 9.75. The molecule has 1 aliphatic rings. The highest BCUT2D eigenvalue weighted by atomic mass is 19.1. The average Bonchev–Trinajstić information content (AvgIpc) is 2.40. The predicted octanol–water partition coefficient (Wildman–Crippen LogP) is 3.46. The van der Waals surface area contributed by atoms with Crippen molar-refractivity contribution in [3.8, 4) is 0 Å². The molecule has 1 atom stereocenters. The van der Waals surface area contributed by atoms with Gasteiger partial charge in [-0.15, -0.1) is 0 Å². The Morgan fingerprint density at radius 1 is 1.33 bits per heavy atom. The van der Waals surface area contributed by atoms with Gasteiger partial charge in [-0.25, -0.2) is 8.78 Å². The van der Waals surface area contributed by atoms with Gasteiger partial charge in [0.1, 0.15) is 17.3 Å². The summed E-state index contributed by atoms with van der Waals surface area (Å²) < 4.78 is 26.9. The molecule has 2 rings (SSSR count). The maximum absolute atomic E-state index is 13.4. The van der Waals surface area contributed by atoms with Gasteiger partial charge in [0.15, 0.2) is 0 Å². The van der Waals surface area contributed by atoms with Crippen molar-refractivity contribution < 1.29 is 13.6 Å². The van der Waals surface area contributed by atoms with Crippen LogP contribution in [0.3, 0.4) is 0 Å². The Labute approximate surface area is 124 Å². The molecule has 21 heavy (non-hydrogen) atoms. The maximum Gasteiger partial charge on any atom is 0.238 e. The summed E-state index contributed by atoms with van der Waals surface area (Å²) in [6.07, 6.45) is 4.37. The summed E-state index contributed by atoms with van der Waals surface area (Å²) in [4.78, 5) is 11.8. The summed E-state index contributed by atoms with van der Waals surface area (Å²) in [5.74, 6) is -1.95. The van der Waals surface area contributed by atoms with E-state index in [1.165, 1.54) is 12.5 Å². The zero-order chi connectivity index (χ0) is 15.5. The molecule has 5 heteroatoms. The Bertz CT molecular complexity index is 497. The molecule has 1 aromatic carbocycles. The van der Waals surface area contributed by atoms with Crippen LogP contribution in [0.25, 0.3) is 0 Å². The van der Waals surface area contributed by atoms with Crippen LogP contribution in [0, 0.1) is 17.0 Å². The molecule has 3 nitrogen and oxygen atoms in total. The number of benzene rings is 1. The van der Waals surface area contributed by atoms with Gasteiger partial charge in [-0.1, -0.05) is 26.3 Å². The van der Waals surface area contributed by atoms with Crippen LogP contribution in [0.5, 0.6) is 0 Å². The van der Waals surface area contributed by atoms with Crippen molar-refractivity contribution in [1.82, 2.24) is 5.32 Å². The fraction of sp³-hybridized carbons (Fsp3) is 0.562. The normalized spacial score (nSPS) is 21.0. The molecule has 0 radical (unpaired) electrons. The van der Waals surface area contributed by atoms with Gasteiger partial charge in [0.05, 0.1) is 6.54 Å². The molecule has 0 heterocycles. The first-order valence-electron chi connectivity index (χ1n) is 7.35. The summed E-state index contributed by atoms with van der Waals surface area (Å²) in [5, 5.41) is 5.47. The average molecular weight is 296 g/mol. The standard InChI is InChI=1S/C16H22F2N2O/c1-16(2)8-4-5-11(9-16)19-10-14(21)20-15-12(17)6-3-7-13(15)18/h3,6-7,11,19H,4-5,8-10H2,1-2H3,(H,20,21). The maximum atomic E-state index is 13.4. The molecule has 1 amide bonds. The second-order valence-electron chi connectivity index (χ2n) is 6.48. The molecule has 0 aromatic heterocycles. The Kier molecular flexibility index (Phi) is 4.93. The number of anilines is 1. The molecule has 0 spiro atoms. The number of hydrogen-bond donors (Lipinski definition) is 2. The van der Waals surface area contributed by atoms with E-state index in [4.69, 9.17) is 0 Å². The largest absolute Gasteiger partial charge is 0.320 e. The van der Waals surface area contributed by atoms with Crippen LogP contribution in [-0.4, -0.2) is 18.5 Å². The summed E-state index contributed by atoms with van der Waals surface area (Å²) in [6.45, 7) is 4.50. The van der Waals surface area contributed by atoms with E-state index in [0.29, 0.717) is 0 Å². The smallest absolute Gasteiger partial charge is 0.238 e. The van der Waals surface area contributed by atoms with E-state index < -0.39 is 17.5 Å². The summed E-state index contributed by atoms with van der Waals surface area (Å²) in [7, 11) is 0. The minimum atomic E-state index is -0.762. The van der Waals surface area contributed by atoms with Gasteiger partial charge in [0.2, 0.25) is 5.91 Å². The summed E-state index contributed by atoms with van der Waals surface area (Å²) in [5.41, 5.74) is -0.0994. The van der Waals surface area contributed by atoms with E-state index in [0.717, 1.165) is 31.4 Å². The minimum Gasteiger partial charge on any atom is -0.320 e. The van der Waals surface area contributed by atoms with Crippen LogP contribution in [0.4, 0.5) is 14.5 Å². The molecule has 2 N–H and O–H groups in total. The van der Waals surface area contributed by atoms with E-state index in [1.54, 1.807) is 0 Å². The van der Waals surface area contributed by atoms with Gasteiger partial charge < -0.3 is 10.6 Å². The lowest BCUT2D eigenvalue weighted by molar-refractivity contribution is -0.115. The van der Waals surface area contributed by atoms with Crippen LogP contribution in [-0.2, 0) is 4.79 Å². The molecule has 1 saturated carbocycles. The quantitative estimate of drug-likeness (QED) is 0.893. The van der Waals surface area contributed by atoms with Crippen LogP contribution in [0.15, 0.2) is 18.2 Å². The number of nitrogens with one attached hydrogen (secondary N) is 2. The van der Waals surface area contributed by atoms with Gasteiger partial charge in [0.25, 0.3) is 0 Å². The molecule has 1 unspecified atom stereocenters. The summed E-state index contributed by atoms with van der Waals surface area (Å²) >= 11 is 0. The van der Waals surface area contributed by atoms with Crippen molar-refractivity contribution in [1.29, 1.82) is 0 Å². The molecule has 0 saturated heterocycles. The lowest BCUT2D eigenvalue weighted by Crippen LogP contribution is -2.41. The molecule has 0 aliphatic heterocycles. The fourth-order valence-corrected chi connectivity index (χ4v) is 2.91. The Morgan fingerprint density at radius 2 is 2.00 bits per heavy atom. The third-order valence-electron chi connectivity index (χ3n) is 3.98. The van der Waals surface area contributed by atoms with Crippen molar-refractivity contribution in [3.05, 3.63) is 29.8 Å². The molecule has 1 aromatic rings. The van der Waals surface area contributed by atoms with Crippen LogP contribution >= 0.6 is 0 Å². The van der Waals surface area contributed by atoms with E-state index in [2.05, 4.69) is 24.5 Å². The summed E-state index contributed by atoms with van der Waals surface area (Å²) in [6, 6.07) is 3.79. The van der Waals surface area contributed by atoms with Crippen molar-refractivity contribution in [2.24, 2.45) is 5.41 Å².